The van der Waals surface area contributed by atoms with Crippen LogP contribution in [0.15, 0.2) is 52.1 Å². The number of carbonyl (C=O) groups is 1. The molecule has 0 aliphatic carbocycles. The maximum Gasteiger partial charge on any atom is 0.354 e. The maximum atomic E-state index is 13.2. The summed E-state index contributed by atoms with van der Waals surface area (Å²) in [7, 11) is 0. The molecule has 0 atom stereocenters. The van der Waals surface area contributed by atoms with Gasteiger partial charge in [0.2, 0.25) is 5.95 Å². The van der Waals surface area contributed by atoms with Crippen molar-refractivity contribution in [2.24, 2.45) is 0 Å². The summed E-state index contributed by atoms with van der Waals surface area (Å²) in [5.74, 6) is -0.425. The highest BCUT2D eigenvalue weighted by molar-refractivity contribution is 6.32. The summed E-state index contributed by atoms with van der Waals surface area (Å²) < 4.78 is 7.73. The van der Waals surface area contributed by atoms with Crippen LogP contribution in [0.2, 0.25) is 5.02 Å². The smallest absolute Gasteiger partial charge is 0.354 e. The van der Waals surface area contributed by atoms with E-state index in [9.17, 15) is 14.4 Å². The van der Waals surface area contributed by atoms with Crippen molar-refractivity contribution >= 4 is 29.2 Å². The largest absolute Gasteiger partial charge is 0.492 e. The van der Waals surface area contributed by atoms with Crippen molar-refractivity contribution in [3.63, 3.8) is 0 Å². The predicted octanol–water partition coefficient (Wildman–Crippen LogP) is 3.42. The molecular weight excluding hydrogens is 448 g/mol. The molecule has 174 valence electrons. The number of carboxylic acid groups (broad SMARTS) is 1. The number of rotatable bonds is 10. The Labute approximate surface area is 195 Å². The first-order valence-corrected chi connectivity index (χ1v) is 10.8. The number of ether oxygens (including phenoxy) is 1. The first-order chi connectivity index (χ1) is 15.8. The summed E-state index contributed by atoms with van der Waals surface area (Å²) in [6, 6.07) is 12.6. The Morgan fingerprint density at radius 3 is 2.52 bits per heavy atom. The number of aryl methyl sites for hydroxylation is 1. The van der Waals surface area contributed by atoms with Gasteiger partial charge >= 0.3 is 17.3 Å². The number of benzene rings is 2. The Kier molecular flexibility index (Phi) is 7.89. The van der Waals surface area contributed by atoms with Crippen LogP contribution in [0.5, 0.6) is 5.75 Å². The number of anilines is 2. The minimum absolute atomic E-state index is 0.0416. The van der Waals surface area contributed by atoms with Gasteiger partial charge in [0.05, 0.1) is 18.2 Å². The molecule has 0 aliphatic heterocycles. The number of aliphatic carboxylic acids is 1. The van der Waals surface area contributed by atoms with E-state index < -0.39 is 17.3 Å². The summed E-state index contributed by atoms with van der Waals surface area (Å²) >= 11 is 6.26. The summed E-state index contributed by atoms with van der Waals surface area (Å²) in [4.78, 5) is 40.7. The van der Waals surface area contributed by atoms with Crippen molar-refractivity contribution in [1.29, 1.82) is 0 Å². The molecule has 0 saturated heterocycles. The number of nitrogens with one attached hydrogen (secondary N) is 1. The first kappa shape index (κ1) is 24.1. The average Bonchev–Trinajstić information content (AvgIpc) is 2.76. The van der Waals surface area contributed by atoms with Crippen LogP contribution in [0.4, 0.5) is 11.6 Å². The van der Waals surface area contributed by atoms with Gasteiger partial charge in [0.15, 0.2) is 0 Å². The van der Waals surface area contributed by atoms with Crippen molar-refractivity contribution in [3.8, 4) is 5.75 Å². The van der Waals surface area contributed by atoms with Crippen LogP contribution in [0, 0.1) is 6.92 Å². The topological polar surface area (TPSA) is 115 Å². The number of hydrogen-bond acceptors (Lipinski definition) is 6. The number of aromatic nitrogens is 3. The van der Waals surface area contributed by atoms with Crippen LogP contribution >= 0.6 is 11.6 Å². The first-order valence-electron chi connectivity index (χ1n) is 10.5. The Bertz CT molecular complexity index is 1250. The predicted molar refractivity (Wildman–Crippen MR) is 126 cm³/mol. The van der Waals surface area contributed by atoms with E-state index in [0.717, 1.165) is 15.7 Å². The highest BCUT2D eigenvalue weighted by Gasteiger charge is 2.15. The van der Waals surface area contributed by atoms with E-state index in [1.54, 1.807) is 18.2 Å². The van der Waals surface area contributed by atoms with E-state index in [4.69, 9.17) is 21.4 Å². The highest BCUT2D eigenvalue weighted by Crippen LogP contribution is 2.28. The Hall–Kier alpha value is -3.59. The molecule has 0 unspecified atom stereocenters. The van der Waals surface area contributed by atoms with Crippen LogP contribution in [0.25, 0.3) is 0 Å². The molecule has 1 aromatic heterocycles. The molecule has 0 saturated carbocycles. The van der Waals surface area contributed by atoms with Gasteiger partial charge in [-0.2, -0.15) is 4.98 Å². The van der Waals surface area contributed by atoms with Crippen LogP contribution in [0.1, 0.15) is 30.9 Å². The second-order valence-corrected chi connectivity index (χ2v) is 7.83. The molecule has 1 heterocycles. The van der Waals surface area contributed by atoms with Gasteiger partial charge in [-0.1, -0.05) is 41.4 Å². The van der Waals surface area contributed by atoms with E-state index in [2.05, 4.69) is 10.3 Å². The van der Waals surface area contributed by atoms with E-state index in [0.29, 0.717) is 23.1 Å². The van der Waals surface area contributed by atoms with Gasteiger partial charge in [0, 0.05) is 18.7 Å². The van der Waals surface area contributed by atoms with Gasteiger partial charge in [0.1, 0.15) is 5.75 Å². The minimum Gasteiger partial charge on any atom is -0.492 e. The van der Waals surface area contributed by atoms with Crippen LogP contribution in [-0.4, -0.2) is 31.8 Å². The van der Waals surface area contributed by atoms with Crippen LogP contribution in [-0.2, 0) is 17.9 Å². The Balaban J connectivity index is 2.01. The zero-order valence-electron chi connectivity index (χ0n) is 18.4. The van der Waals surface area contributed by atoms with E-state index in [1.165, 1.54) is 4.57 Å². The van der Waals surface area contributed by atoms with Gasteiger partial charge in [-0.3, -0.25) is 9.36 Å². The molecule has 0 radical (unpaired) electrons. The quantitative estimate of drug-likeness (QED) is 0.464. The monoisotopic (exact) mass is 472 g/mol. The third kappa shape index (κ3) is 6.23. The zero-order valence-corrected chi connectivity index (χ0v) is 19.1. The van der Waals surface area contributed by atoms with Gasteiger partial charge in [-0.25, -0.2) is 14.2 Å². The molecule has 2 aromatic carbocycles. The lowest BCUT2D eigenvalue weighted by molar-refractivity contribution is -0.137. The molecule has 3 aromatic rings. The molecule has 33 heavy (non-hydrogen) atoms. The van der Waals surface area contributed by atoms with Crippen molar-refractivity contribution < 1.29 is 14.6 Å². The lowest BCUT2D eigenvalue weighted by Crippen LogP contribution is -2.42. The molecule has 10 heteroatoms. The molecule has 0 aliphatic rings. The number of halogens is 1. The van der Waals surface area contributed by atoms with Gasteiger partial charge in [-0.15, -0.1) is 0 Å². The maximum absolute atomic E-state index is 13.2. The summed E-state index contributed by atoms with van der Waals surface area (Å²) in [5, 5.41) is 12.2. The van der Waals surface area contributed by atoms with Crippen LogP contribution in [0.3, 0.4) is 0 Å². The molecule has 2 N–H and O–H groups in total. The van der Waals surface area contributed by atoms with E-state index >= 15 is 0 Å². The lowest BCUT2D eigenvalue weighted by atomic mass is 10.1. The fourth-order valence-corrected chi connectivity index (χ4v) is 3.44. The lowest BCUT2D eigenvalue weighted by Gasteiger charge is -2.16. The molecular formula is C23H25ClN4O5. The van der Waals surface area contributed by atoms with E-state index in [-0.39, 0.29) is 31.9 Å². The van der Waals surface area contributed by atoms with Crippen molar-refractivity contribution in [2.75, 3.05) is 11.9 Å². The third-order valence-electron chi connectivity index (χ3n) is 4.87. The molecule has 0 fully saturated rings. The third-order valence-corrected chi connectivity index (χ3v) is 5.17. The SMILES string of the molecule is CCOc1ccc(Nc2nc(=O)n(CCCC(=O)O)c(=O)n2Cc2ccc(C)cc2)cc1Cl. The molecule has 0 bridgehead atoms. The molecule has 9 nitrogen and oxygen atoms in total. The van der Waals surface area contributed by atoms with Gasteiger partial charge in [0.25, 0.3) is 0 Å². The van der Waals surface area contributed by atoms with E-state index in [1.807, 2.05) is 38.1 Å². The molecule has 3 rings (SSSR count). The average molecular weight is 473 g/mol. The number of hydrogen-bond donors (Lipinski definition) is 2. The zero-order chi connectivity index (χ0) is 24.0. The number of carboxylic acids is 1. The fraction of sp³-hybridized carbons (Fsp3) is 0.304. The fourth-order valence-electron chi connectivity index (χ4n) is 3.20. The summed E-state index contributed by atoms with van der Waals surface area (Å²) in [5.41, 5.74) is 1.10. The Morgan fingerprint density at radius 1 is 1.15 bits per heavy atom. The van der Waals surface area contributed by atoms with Crippen molar-refractivity contribution in [3.05, 3.63) is 79.6 Å². The molecule has 0 spiro atoms. The standard InChI is InChI=1S/C23H25ClN4O5/c1-3-33-19-11-10-17(13-18(19)24)25-21-26-22(31)27(12-4-5-20(29)30)23(32)28(21)14-16-8-6-15(2)7-9-16/h6-11,13H,3-5,12,14H2,1-2H3,(H,29,30)(H,25,26,31). The van der Waals surface area contributed by atoms with Crippen LogP contribution < -0.4 is 21.4 Å². The second kappa shape index (κ2) is 10.8. The Morgan fingerprint density at radius 2 is 1.88 bits per heavy atom. The summed E-state index contributed by atoms with van der Waals surface area (Å²) in [6.07, 6.45) is -0.0213. The van der Waals surface area contributed by atoms with Crippen molar-refractivity contribution in [1.82, 2.24) is 14.1 Å². The second-order valence-electron chi connectivity index (χ2n) is 7.42. The number of nitrogens with zero attached hydrogens (tertiary/aromatic N) is 3. The minimum atomic E-state index is -0.998. The van der Waals surface area contributed by atoms with Gasteiger partial charge < -0.3 is 15.2 Å². The van der Waals surface area contributed by atoms with Crippen molar-refractivity contribution in [2.45, 2.75) is 39.8 Å². The normalized spacial score (nSPS) is 10.8. The van der Waals surface area contributed by atoms with Gasteiger partial charge in [-0.05, 0) is 44.0 Å². The summed E-state index contributed by atoms with van der Waals surface area (Å²) in [6.45, 7) is 4.40. The highest BCUT2D eigenvalue weighted by atomic mass is 35.5. The molecule has 0 amide bonds.